The Morgan fingerprint density at radius 1 is 0.714 bits per heavy atom. The maximum atomic E-state index is 13.1. The molecule has 2 aromatic carbocycles. The van der Waals surface area contributed by atoms with Crippen LogP contribution in [0.1, 0.15) is 69.2 Å². The Kier molecular flexibility index (Phi) is 11.9. The molecule has 0 atom stereocenters. The van der Waals surface area contributed by atoms with E-state index in [9.17, 15) is 14.4 Å². The van der Waals surface area contributed by atoms with Crippen LogP contribution in [0.5, 0.6) is 0 Å². The van der Waals surface area contributed by atoms with E-state index < -0.39 is 22.8 Å². The molecule has 8 rings (SSSR count). The van der Waals surface area contributed by atoms with Crippen LogP contribution >= 0.6 is 23.2 Å². The lowest BCUT2D eigenvalue weighted by Crippen LogP contribution is -2.52. The first-order valence-corrected chi connectivity index (χ1v) is 20.6. The molecule has 328 valence electrons. The van der Waals surface area contributed by atoms with Crippen molar-refractivity contribution in [3.05, 3.63) is 82.4 Å². The Labute approximate surface area is 371 Å². The summed E-state index contributed by atoms with van der Waals surface area (Å²) in [6, 6.07) is 11.1. The summed E-state index contributed by atoms with van der Waals surface area (Å²) < 4.78 is 8.74. The average Bonchev–Trinajstić information content (AvgIpc) is 3.99. The van der Waals surface area contributed by atoms with E-state index in [0.29, 0.717) is 72.8 Å². The summed E-state index contributed by atoms with van der Waals surface area (Å²) in [5.41, 5.74) is 10.7. The van der Waals surface area contributed by atoms with Gasteiger partial charge in [0.2, 0.25) is 0 Å². The van der Waals surface area contributed by atoms with Gasteiger partial charge >= 0.3 is 6.09 Å². The predicted molar refractivity (Wildman–Crippen MR) is 244 cm³/mol. The van der Waals surface area contributed by atoms with Gasteiger partial charge in [-0.2, -0.15) is 10.2 Å². The van der Waals surface area contributed by atoms with Crippen LogP contribution < -0.4 is 21.7 Å². The molecule has 0 aliphatic heterocycles. The van der Waals surface area contributed by atoms with Crippen LogP contribution in [0.3, 0.4) is 0 Å². The van der Waals surface area contributed by atoms with E-state index >= 15 is 0 Å². The lowest BCUT2D eigenvalue weighted by Gasteiger charge is -2.27. The molecule has 0 saturated carbocycles. The number of fused-ring (bicyclic) bond motifs is 4. The molecule has 7 N–H and O–H groups in total. The highest BCUT2D eigenvalue weighted by molar-refractivity contribution is 6.31. The van der Waals surface area contributed by atoms with E-state index in [0.717, 1.165) is 21.8 Å². The lowest BCUT2D eigenvalue weighted by atomic mass is 10.1. The summed E-state index contributed by atoms with van der Waals surface area (Å²) in [4.78, 5) is 62.0. The fourth-order valence-electron chi connectivity index (χ4n) is 6.65. The number of carbonyl (C=O) groups excluding carboxylic acids is 3. The number of hydrogen-bond donors (Lipinski definition) is 6. The number of nitrogens with one attached hydrogen (secondary N) is 5. The summed E-state index contributed by atoms with van der Waals surface area (Å²) in [6.45, 7) is 13.2. The molecule has 0 unspecified atom stereocenters. The Morgan fingerprint density at radius 3 is 1.59 bits per heavy atom. The van der Waals surface area contributed by atoms with Crippen molar-refractivity contribution in [1.82, 2.24) is 65.4 Å². The van der Waals surface area contributed by atoms with Crippen LogP contribution in [-0.2, 0) is 18.8 Å². The summed E-state index contributed by atoms with van der Waals surface area (Å²) in [5.74, 6) is -0.609. The van der Waals surface area contributed by atoms with Crippen molar-refractivity contribution in [2.24, 2.45) is 19.8 Å². The predicted octanol–water partition coefficient (Wildman–Crippen LogP) is 6.83. The summed E-state index contributed by atoms with van der Waals surface area (Å²) in [5, 5.41) is 20.7. The number of nitrogens with two attached hydrogens (primary N) is 1. The van der Waals surface area contributed by atoms with Gasteiger partial charge in [0.05, 0.1) is 40.1 Å². The van der Waals surface area contributed by atoms with Crippen molar-refractivity contribution in [1.29, 1.82) is 0 Å². The summed E-state index contributed by atoms with van der Waals surface area (Å²) in [6.07, 6.45) is 5.88. The number of halogens is 2. The van der Waals surface area contributed by atoms with E-state index in [4.69, 9.17) is 38.7 Å². The third kappa shape index (κ3) is 9.72. The highest BCUT2D eigenvalue weighted by Gasteiger charge is 2.27. The molecule has 0 fully saturated rings. The van der Waals surface area contributed by atoms with Crippen LogP contribution in [0, 0.1) is 0 Å². The smallest absolute Gasteiger partial charge is 0.407 e. The molecule has 63 heavy (non-hydrogen) atoms. The number of H-pyrrole nitrogens is 2. The molecule has 6 aromatic heterocycles. The number of carbonyl (C=O) groups is 3. The molecular formula is C43H48Cl2N14O4. The van der Waals surface area contributed by atoms with Crippen molar-refractivity contribution in [2.45, 2.75) is 65.1 Å². The Balaban J connectivity index is 0.000000193. The SMILES string of the molecule is Cn1nc(-c2cnc3[nH]cc(C(=O)NC(C)(C)CN)c3n2)c2ccc(Cl)cc21.Cn1nc(-c2cnc3[nH]cc(C(=O)NC(C)(C)CNC(=O)OC(C)(C)C)c3n2)c2ccc(Cl)cc21. The molecule has 8 aromatic rings. The zero-order valence-electron chi connectivity index (χ0n) is 36.2. The monoisotopic (exact) mass is 894 g/mol. The minimum absolute atomic E-state index is 0.176. The number of hydrogen-bond acceptors (Lipinski definition) is 11. The molecule has 3 amide bonds. The average molecular weight is 896 g/mol. The van der Waals surface area contributed by atoms with Gasteiger partial charge in [0.25, 0.3) is 11.8 Å². The summed E-state index contributed by atoms with van der Waals surface area (Å²) >= 11 is 12.2. The van der Waals surface area contributed by atoms with Crippen LogP contribution in [0.25, 0.3) is 66.9 Å². The minimum atomic E-state index is -0.751. The van der Waals surface area contributed by atoms with Crippen LogP contribution in [0.2, 0.25) is 10.0 Å². The number of aromatic amines is 2. The maximum absolute atomic E-state index is 13.1. The van der Waals surface area contributed by atoms with E-state index in [1.165, 1.54) is 0 Å². The fourth-order valence-corrected chi connectivity index (χ4v) is 6.98. The van der Waals surface area contributed by atoms with Gasteiger partial charge in [-0.05, 0) is 84.9 Å². The quantitative estimate of drug-likeness (QED) is 0.0877. The first-order valence-electron chi connectivity index (χ1n) is 19.9. The summed E-state index contributed by atoms with van der Waals surface area (Å²) in [7, 11) is 3.68. The zero-order chi connectivity index (χ0) is 45.6. The third-order valence-electron chi connectivity index (χ3n) is 9.85. The van der Waals surface area contributed by atoms with Crippen LogP contribution in [0.15, 0.2) is 61.2 Å². The van der Waals surface area contributed by atoms with Gasteiger partial charge in [-0.1, -0.05) is 23.2 Å². The van der Waals surface area contributed by atoms with Gasteiger partial charge in [-0.25, -0.2) is 24.7 Å². The van der Waals surface area contributed by atoms with Crippen molar-refractivity contribution >= 4 is 85.2 Å². The van der Waals surface area contributed by atoms with Gasteiger partial charge < -0.3 is 36.4 Å². The molecular weight excluding hydrogens is 847 g/mol. The first-order chi connectivity index (χ1) is 29.6. The van der Waals surface area contributed by atoms with Crippen molar-refractivity contribution in [3.8, 4) is 22.8 Å². The second-order valence-electron chi connectivity index (χ2n) is 17.3. The van der Waals surface area contributed by atoms with Gasteiger partial charge in [0, 0.05) is 65.9 Å². The minimum Gasteiger partial charge on any atom is -0.444 e. The number of benzene rings is 2. The highest BCUT2D eigenvalue weighted by atomic mass is 35.5. The number of amides is 3. The Morgan fingerprint density at radius 2 is 1.16 bits per heavy atom. The van der Waals surface area contributed by atoms with Crippen molar-refractivity contribution in [3.63, 3.8) is 0 Å². The third-order valence-corrected chi connectivity index (χ3v) is 10.3. The largest absolute Gasteiger partial charge is 0.444 e. The number of nitrogens with zero attached hydrogens (tertiary/aromatic N) is 8. The molecule has 6 heterocycles. The number of aryl methyl sites for hydroxylation is 2. The number of aromatic nitrogens is 10. The number of alkyl carbamates (subject to hydrolysis) is 1. The zero-order valence-corrected chi connectivity index (χ0v) is 37.7. The normalized spacial score (nSPS) is 12.1. The van der Waals surface area contributed by atoms with Gasteiger partial charge in [-0.3, -0.25) is 19.0 Å². The molecule has 18 nitrogen and oxygen atoms in total. The molecule has 0 radical (unpaired) electrons. The van der Waals surface area contributed by atoms with E-state index in [2.05, 4.69) is 51.1 Å². The van der Waals surface area contributed by atoms with Crippen molar-refractivity contribution in [2.75, 3.05) is 13.1 Å². The second-order valence-corrected chi connectivity index (χ2v) is 18.2. The number of ether oxygens (including phenoxy) is 1. The fraction of sp³-hybridized carbons (Fsp3) is 0.326. The van der Waals surface area contributed by atoms with Gasteiger partial charge in [0.15, 0.2) is 11.3 Å². The lowest BCUT2D eigenvalue weighted by molar-refractivity contribution is 0.0509. The van der Waals surface area contributed by atoms with Crippen LogP contribution in [-0.4, -0.2) is 97.1 Å². The van der Waals surface area contributed by atoms with Crippen LogP contribution in [0.4, 0.5) is 4.79 Å². The van der Waals surface area contributed by atoms with E-state index in [1.807, 2.05) is 58.3 Å². The van der Waals surface area contributed by atoms with Gasteiger partial charge in [0.1, 0.15) is 39.4 Å². The molecule has 0 aliphatic rings. The molecule has 20 heteroatoms. The second kappa shape index (κ2) is 16.9. The maximum Gasteiger partial charge on any atom is 0.407 e. The Hall–Kier alpha value is -6.63. The Bertz CT molecular complexity index is 3050. The number of rotatable bonds is 9. The standard InChI is InChI=1S/C24H28ClN7O3.C19H20ClN7O/c1-23(2,3)35-22(34)28-12-24(4,5)30-21(33)15-10-26-20-19(15)29-16(11-27-20)18-14-8-7-13(25)9-17(14)32(6)31-18;1-19(2,9-21)25-18(28)12-7-22-17-16(12)24-13(8-23-17)15-11-5-4-10(20)6-14(11)27(3)26-15/h7-11H,12H2,1-6H3,(H,26,27)(H,28,34)(H,30,33);4-8H,9,21H2,1-3H3,(H,22,23)(H,25,28). The van der Waals surface area contributed by atoms with Gasteiger partial charge in [-0.15, -0.1) is 0 Å². The molecule has 0 saturated heterocycles. The molecule has 0 spiro atoms. The van der Waals surface area contributed by atoms with E-state index in [1.54, 1.807) is 74.8 Å². The first kappa shape index (κ1) is 44.4. The van der Waals surface area contributed by atoms with E-state index in [-0.39, 0.29) is 18.4 Å². The van der Waals surface area contributed by atoms with Crippen molar-refractivity contribution < 1.29 is 19.1 Å². The molecule has 0 aliphatic carbocycles. The molecule has 0 bridgehead atoms. The topological polar surface area (TPSA) is 241 Å². The highest BCUT2D eigenvalue weighted by Crippen LogP contribution is 2.31.